The molecular formula is C29H41IN6O4. The summed E-state index contributed by atoms with van der Waals surface area (Å²) in [6.45, 7) is 8.99. The number of allylic oxidation sites excluding steroid dienone is 1. The van der Waals surface area contributed by atoms with Gasteiger partial charge in [-0.3, -0.25) is 24.8 Å². The van der Waals surface area contributed by atoms with Gasteiger partial charge in [-0.15, -0.1) is 0 Å². The number of aromatic nitrogens is 1. The van der Waals surface area contributed by atoms with Gasteiger partial charge in [0.15, 0.2) is 6.10 Å². The van der Waals surface area contributed by atoms with E-state index in [1.54, 1.807) is 27.8 Å². The van der Waals surface area contributed by atoms with Crippen molar-refractivity contribution in [2.45, 2.75) is 72.1 Å². The lowest BCUT2D eigenvalue weighted by atomic mass is 9.97. The summed E-state index contributed by atoms with van der Waals surface area (Å²) in [4.78, 5) is 42.7. The van der Waals surface area contributed by atoms with Gasteiger partial charge in [0, 0.05) is 30.4 Å². The fourth-order valence-electron chi connectivity index (χ4n) is 3.97. The molecule has 0 aliphatic heterocycles. The molecule has 0 aliphatic rings. The van der Waals surface area contributed by atoms with Crippen LogP contribution < -0.4 is 21.9 Å². The molecule has 11 heteroatoms. The second kappa shape index (κ2) is 16.4. The summed E-state index contributed by atoms with van der Waals surface area (Å²) >= 11 is 1.94. The molecule has 1 aromatic heterocycles. The first-order valence-electron chi connectivity index (χ1n) is 13.4. The highest BCUT2D eigenvalue weighted by molar-refractivity contribution is 14.1. The number of carbonyl (C=O) groups excluding carboxylic acids is 3. The van der Waals surface area contributed by atoms with E-state index in [0.717, 1.165) is 27.7 Å². The number of nitrogens with one attached hydrogen (secondary N) is 3. The number of nitrogens with two attached hydrogens (primary N) is 1. The van der Waals surface area contributed by atoms with Crippen molar-refractivity contribution in [3.8, 4) is 0 Å². The number of esters is 1. The predicted octanol–water partition coefficient (Wildman–Crippen LogP) is 4.19. The number of fused-ring (bicyclic) bond motifs is 1. The number of nitrogens with zero attached hydrogens (tertiary/aromatic N) is 2. The van der Waals surface area contributed by atoms with Crippen molar-refractivity contribution < 1.29 is 19.1 Å². The van der Waals surface area contributed by atoms with Gasteiger partial charge in [0.2, 0.25) is 0 Å². The maximum absolute atomic E-state index is 13.3. The summed E-state index contributed by atoms with van der Waals surface area (Å²) in [5, 5.41) is 4.68. The lowest BCUT2D eigenvalue weighted by Gasteiger charge is -2.25. The summed E-state index contributed by atoms with van der Waals surface area (Å²) in [6, 6.07) is 7.19. The molecule has 0 saturated carbocycles. The summed E-state index contributed by atoms with van der Waals surface area (Å²) < 4.78 is 9.91. The molecule has 0 aliphatic carbocycles. The maximum atomic E-state index is 13.3. The summed E-state index contributed by atoms with van der Waals surface area (Å²) in [5.74, 6) is -2.18. The fraction of sp³-hybridized carbons (Fsp3) is 0.483. The van der Waals surface area contributed by atoms with Crippen LogP contribution in [0.1, 0.15) is 71.2 Å². The van der Waals surface area contributed by atoms with Crippen LogP contribution in [0.5, 0.6) is 0 Å². The van der Waals surface area contributed by atoms with E-state index >= 15 is 0 Å². The molecule has 0 saturated heterocycles. The van der Waals surface area contributed by atoms with Crippen LogP contribution in [-0.2, 0) is 19.1 Å². The second-order valence-electron chi connectivity index (χ2n) is 10.3. The SMILES string of the molecule is CNNC(=O)[C@H](C)NC(=O)[C@@H](OC(=O)[C@@H](C/C=C/c1cc2cc([C@@H](C)N)ccc2cn1)CCC(C)=NI)C(C)C. The van der Waals surface area contributed by atoms with Gasteiger partial charge in [-0.1, -0.05) is 32.1 Å². The second-order valence-corrected chi connectivity index (χ2v) is 10.8. The number of pyridine rings is 1. The average molecular weight is 665 g/mol. The Morgan fingerprint density at radius 1 is 1.12 bits per heavy atom. The summed E-state index contributed by atoms with van der Waals surface area (Å²) in [7, 11) is 1.55. The molecule has 4 atom stereocenters. The van der Waals surface area contributed by atoms with E-state index in [0.29, 0.717) is 19.3 Å². The lowest BCUT2D eigenvalue weighted by molar-refractivity contribution is -0.163. The van der Waals surface area contributed by atoms with E-state index in [2.05, 4.69) is 30.4 Å². The smallest absolute Gasteiger partial charge is 0.310 e. The Morgan fingerprint density at radius 3 is 2.48 bits per heavy atom. The van der Waals surface area contributed by atoms with Gasteiger partial charge < -0.3 is 15.8 Å². The molecular weight excluding hydrogens is 623 g/mol. The number of hydrogen-bond donors (Lipinski definition) is 4. The summed E-state index contributed by atoms with van der Waals surface area (Å²) in [6.07, 6.45) is 6.09. The monoisotopic (exact) mass is 664 g/mol. The fourth-order valence-corrected chi connectivity index (χ4v) is 4.21. The molecule has 10 nitrogen and oxygen atoms in total. The minimum atomic E-state index is -1.04. The standard InChI is InChI=1S/C29H41IN6O4/c1-17(2)26(28(38)34-20(5)27(37)36-32-6)40-29(39)21(11-10-18(3)35-30)8-7-9-25-15-24-14-22(19(4)31)12-13-23(24)16-33-25/h7,9,12-17,19-21,26,32H,8,10-11,31H2,1-6H3,(H,34,38)(H,36,37)/b9-7+,35-18?/t19-,20+,21+,26+/m1/s1. The third-order valence-corrected chi connectivity index (χ3v) is 7.26. The van der Waals surface area contributed by atoms with Gasteiger partial charge >= 0.3 is 5.97 Å². The van der Waals surface area contributed by atoms with E-state index in [-0.39, 0.29) is 12.0 Å². The van der Waals surface area contributed by atoms with Crippen molar-refractivity contribution in [3.63, 3.8) is 0 Å². The largest absolute Gasteiger partial charge is 0.452 e. The van der Waals surface area contributed by atoms with Crippen LogP contribution in [0.25, 0.3) is 16.8 Å². The molecule has 0 radical (unpaired) electrons. The quantitative estimate of drug-likeness (QED) is 0.103. The first-order chi connectivity index (χ1) is 19.0. The molecule has 0 bridgehead atoms. The number of ether oxygens (including phenoxy) is 1. The van der Waals surface area contributed by atoms with E-state index < -0.39 is 35.8 Å². The Balaban J connectivity index is 2.18. The molecule has 0 spiro atoms. The molecule has 1 aromatic carbocycles. The summed E-state index contributed by atoms with van der Waals surface area (Å²) in [5.41, 5.74) is 13.7. The molecule has 2 rings (SSSR count). The topological polar surface area (TPSA) is 148 Å². The van der Waals surface area contributed by atoms with E-state index in [4.69, 9.17) is 10.5 Å². The number of amides is 2. The molecule has 5 N–H and O–H groups in total. The van der Waals surface area contributed by atoms with Gasteiger partial charge in [-0.25, -0.2) is 8.63 Å². The zero-order chi connectivity index (χ0) is 29.8. The Hall–Kier alpha value is -2.90. The van der Waals surface area contributed by atoms with Crippen molar-refractivity contribution in [3.05, 3.63) is 47.8 Å². The molecule has 0 unspecified atom stereocenters. The highest BCUT2D eigenvalue weighted by Crippen LogP contribution is 2.22. The number of hydrazine groups is 1. The third-order valence-electron chi connectivity index (χ3n) is 6.44. The minimum absolute atomic E-state index is 0.0664. The van der Waals surface area contributed by atoms with Crippen LogP contribution in [0.4, 0.5) is 0 Å². The van der Waals surface area contributed by atoms with Crippen LogP contribution in [0.2, 0.25) is 0 Å². The van der Waals surface area contributed by atoms with E-state index in [1.165, 1.54) is 0 Å². The van der Waals surface area contributed by atoms with Gasteiger partial charge in [0.05, 0.1) is 34.5 Å². The molecule has 218 valence electrons. The van der Waals surface area contributed by atoms with Gasteiger partial charge in [-0.2, -0.15) is 0 Å². The van der Waals surface area contributed by atoms with E-state index in [9.17, 15) is 14.4 Å². The zero-order valence-corrected chi connectivity index (χ0v) is 26.2. The third kappa shape index (κ3) is 10.3. The Morgan fingerprint density at radius 2 is 1.85 bits per heavy atom. The number of carbonyl (C=O) groups is 3. The number of rotatable bonds is 14. The van der Waals surface area contributed by atoms with Crippen LogP contribution in [0, 0.1) is 11.8 Å². The van der Waals surface area contributed by atoms with Crippen molar-refractivity contribution in [1.29, 1.82) is 0 Å². The van der Waals surface area contributed by atoms with Gasteiger partial charge in [0.25, 0.3) is 11.8 Å². The number of hydrogen-bond acceptors (Lipinski definition) is 8. The van der Waals surface area contributed by atoms with Crippen LogP contribution in [0.15, 0.2) is 39.7 Å². The Kier molecular flexibility index (Phi) is 13.6. The van der Waals surface area contributed by atoms with Gasteiger partial charge in [-0.05, 0) is 75.1 Å². The number of benzene rings is 1. The minimum Gasteiger partial charge on any atom is -0.452 e. The highest BCUT2D eigenvalue weighted by atomic mass is 127. The Bertz CT molecular complexity index is 1230. The van der Waals surface area contributed by atoms with Crippen LogP contribution in [-0.4, -0.2) is 47.7 Å². The molecule has 2 aromatic rings. The number of halogens is 1. The maximum Gasteiger partial charge on any atom is 0.310 e. The van der Waals surface area contributed by atoms with Gasteiger partial charge in [0.1, 0.15) is 6.04 Å². The zero-order valence-electron chi connectivity index (χ0n) is 24.0. The van der Waals surface area contributed by atoms with Crippen LogP contribution >= 0.6 is 22.9 Å². The Labute approximate surface area is 250 Å². The van der Waals surface area contributed by atoms with Crippen molar-refractivity contribution in [1.82, 2.24) is 21.2 Å². The van der Waals surface area contributed by atoms with Crippen LogP contribution in [0.3, 0.4) is 0 Å². The predicted molar refractivity (Wildman–Crippen MR) is 167 cm³/mol. The molecule has 1 heterocycles. The lowest BCUT2D eigenvalue weighted by Crippen LogP contribution is -2.52. The highest BCUT2D eigenvalue weighted by Gasteiger charge is 2.31. The first kappa shape index (κ1) is 33.3. The normalized spacial score (nSPS) is 15.1. The molecule has 40 heavy (non-hydrogen) atoms. The molecule has 0 fully saturated rings. The van der Waals surface area contributed by atoms with E-state index in [1.807, 2.05) is 73.3 Å². The molecule has 2 amide bonds. The van der Waals surface area contributed by atoms with Crippen molar-refractivity contribution >= 4 is 63.2 Å². The average Bonchev–Trinajstić information content (AvgIpc) is 2.92. The van der Waals surface area contributed by atoms with Crippen molar-refractivity contribution in [2.24, 2.45) is 20.8 Å². The van der Waals surface area contributed by atoms with Crippen molar-refractivity contribution in [2.75, 3.05) is 7.05 Å². The first-order valence-corrected chi connectivity index (χ1v) is 14.4.